The number of fused-ring (bicyclic) bond motifs is 2. The zero-order chi connectivity index (χ0) is 14.3. The SMILES string of the molecule is CC(Nc1cccc(F)c1[N+](=O)[O-])C1CC2CCC1C2. The molecule has 0 saturated heterocycles. The fourth-order valence-electron chi connectivity index (χ4n) is 4.08. The Morgan fingerprint density at radius 3 is 2.80 bits per heavy atom. The summed E-state index contributed by atoms with van der Waals surface area (Å²) in [4.78, 5) is 10.4. The summed E-state index contributed by atoms with van der Waals surface area (Å²) in [5, 5.41) is 14.2. The van der Waals surface area contributed by atoms with Crippen LogP contribution >= 0.6 is 0 Å². The number of nitro benzene ring substituents is 1. The molecule has 0 aromatic heterocycles. The minimum Gasteiger partial charge on any atom is -0.377 e. The third-order valence-electron chi connectivity index (χ3n) is 4.99. The molecular formula is C15H19FN2O2. The maximum Gasteiger partial charge on any atom is 0.327 e. The number of nitro groups is 1. The highest BCUT2D eigenvalue weighted by Gasteiger charge is 2.42. The summed E-state index contributed by atoms with van der Waals surface area (Å²) in [5.41, 5.74) is -0.146. The molecule has 0 spiro atoms. The van der Waals surface area contributed by atoms with E-state index in [2.05, 4.69) is 12.2 Å². The third kappa shape index (κ3) is 2.25. The minimum atomic E-state index is -0.778. The highest BCUT2D eigenvalue weighted by atomic mass is 19.1. The second-order valence-corrected chi connectivity index (χ2v) is 6.16. The monoisotopic (exact) mass is 278 g/mol. The molecule has 2 aliphatic carbocycles. The highest BCUT2D eigenvalue weighted by Crippen LogP contribution is 2.50. The second-order valence-electron chi connectivity index (χ2n) is 6.16. The number of anilines is 1. The molecular weight excluding hydrogens is 259 g/mol. The summed E-state index contributed by atoms with van der Waals surface area (Å²) >= 11 is 0. The van der Waals surface area contributed by atoms with Crippen LogP contribution in [-0.2, 0) is 0 Å². The molecule has 20 heavy (non-hydrogen) atoms. The van der Waals surface area contributed by atoms with Gasteiger partial charge in [0.1, 0.15) is 5.69 Å². The molecule has 108 valence electrons. The van der Waals surface area contributed by atoms with Crippen molar-refractivity contribution in [1.29, 1.82) is 0 Å². The molecule has 2 fully saturated rings. The molecule has 2 bridgehead atoms. The quantitative estimate of drug-likeness (QED) is 0.669. The van der Waals surface area contributed by atoms with Gasteiger partial charge in [-0.2, -0.15) is 4.39 Å². The number of nitrogens with one attached hydrogen (secondary N) is 1. The molecule has 4 nitrogen and oxygen atoms in total. The van der Waals surface area contributed by atoms with E-state index in [1.54, 1.807) is 6.07 Å². The van der Waals surface area contributed by atoms with E-state index in [0.717, 1.165) is 17.9 Å². The number of rotatable bonds is 4. The van der Waals surface area contributed by atoms with Crippen molar-refractivity contribution in [1.82, 2.24) is 0 Å². The Balaban J connectivity index is 1.78. The topological polar surface area (TPSA) is 55.2 Å². The number of hydrogen-bond acceptors (Lipinski definition) is 3. The van der Waals surface area contributed by atoms with Crippen molar-refractivity contribution in [3.05, 3.63) is 34.1 Å². The summed E-state index contributed by atoms with van der Waals surface area (Å²) in [6, 6.07) is 4.38. The minimum absolute atomic E-state index is 0.144. The van der Waals surface area contributed by atoms with Crippen LogP contribution in [0.5, 0.6) is 0 Å². The van der Waals surface area contributed by atoms with Crippen LogP contribution in [0.1, 0.15) is 32.6 Å². The first-order valence-electron chi connectivity index (χ1n) is 7.25. The summed E-state index contributed by atoms with van der Waals surface area (Å²) in [5.74, 6) is 1.34. The Morgan fingerprint density at radius 2 is 2.20 bits per heavy atom. The van der Waals surface area contributed by atoms with E-state index in [1.807, 2.05) is 0 Å². The first kappa shape index (κ1) is 13.3. The van der Waals surface area contributed by atoms with Crippen LogP contribution in [0, 0.1) is 33.7 Å². The Labute approximate surface area is 117 Å². The molecule has 1 N–H and O–H groups in total. The molecule has 0 aliphatic heterocycles. The number of para-hydroxylation sites is 1. The third-order valence-corrected chi connectivity index (χ3v) is 4.99. The normalized spacial score (nSPS) is 29.4. The van der Waals surface area contributed by atoms with Gasteiger partial charge >= 0.3 is 5.69 Å². The number of halogens is 1. The molecule has 2 saturated carbocycles. The van der Waals surface area contributed by atoms with Crippen LogP contribution in [0.4, 0.5) is 15.8 Å². The molecule has 1 aromatic carbocycles. The molecule has 0 heterocycles. The van der Waals surface area contributed by atoms with E-state index < -0.39 is 16.4 Å². The zero-order valence-corrected chi connectivity index (χ0v) is 11.5. The van der Waals surface area contributed by atoms with Crippen molar-refractivity contribution in [2.24, 2.45) is 17.8 Å². The second kappa shape index (κ2) is 5.04. The maximum atomic E-state index is 13.6. The largest absolute Gasteiger partial charge is 0.377 e. The lowest BCUT2D eigenvalue weighted by Crippen LogP contribution is -2.30. The van der Waals surface area contributed by atoms with Gasteiger partial charge in [0.2, 0.25) is 5.82 Å². The lowest BCUT2D eigenvalue weighted by molar-refractivity contribution is -0.386. The van der Waals surface area contributed by atoms with E-state index in [4.69, 9.17) is 0 Å². The number of benzene rings is 1. The molecule has 5 heteroatoms. The van der Waals surface area contributed by atoms with Crippen LogP contribution in [0.3, 0.4) is 0 Å². The first-order valence-corrected chi connectivity index (χ1v) is 7.25. The van der Waals surface area contributed by atoms with Crippen LogP contribution in [0.25, 0.3) is 0 Å². The van der Waals surface area contributed by atoms with Gasteiger partial charge in [0.05, 0.1) is 4.92 Å². The van der Waals surface area contributed by atoms with Crippen molar-refractivity contribution >= 4 is 11.4 Å². The molecule has 1 aromatic rings. The molecule has 0 radical (unpaired) electrons. The average molecular weight is 278 g/mol. The van der Waals surface area contributed by atoms with Crippen molar-refractivity contribution in [3.8, 4) is 0 Å². The van der Waals surface area contributed by atoms with Crippen LogP contribution < -0.4 is 5.32 Å². The lowest BCUT2D eigenvalue weighted by atomic mass is 9.84. The lowest BCUT2D eigenvalue weighted by Gasteiger charge is -2.29. The van der Waals surface area contributed by atoms with Crippen LogP contribution in [0.15, 0.2) is 18.2 Å². The molecule has 3 rings (SSSR count). The predicted molar refractivity (Wildman–Crippen MR) is 75.1 cm³/mol. The van der Waals surface area contributed by atoms with Gasteiger partial charge in [0.15, 0.2) is 0 Å². The Bertz CT molecular complexity index is 535. The average Bonchev–Trinajstić information content (AvgIpc) is 3.00. The van der Waals surface area contributed by atoms with Crippen molar-refractivity contribution in [3.63, 3.8) is 0 Å². The van der Waals surface area contributed by atoms with E-state index in [1.165, 1.54) is 31.7 Å². The van der Waals surface area contributed by atoms with Gasteiger partial charge in [-0.05, 0) is 56.1 Å². The van der Waals surface area contributed by atoms with Crippen molar-refractivity contribution in [2.45, 2.75) is 38.6 Å². The maximum absolute atomic E-state index is 13.6. The predicted octanol–water partition coefficient (Wildman–Crippen LogP) is 3.97. The van der Waals surface area contributed by atoms with Gasteiger partial charge in [-0.1, -0.05) is 12.5 Å². The van der Waals surface area contributed by atoms with Gasteiger partial charge in [0.25, 0.3) is 0 Å². The van der Waals surface area contributed by atoms with E-state index >= 15 is 0 Å². The number of nitrogens with zero attached hydrogens (tertiary/aromatic N) is 1. The van der Waals surface area contributed by atoms with Crippen LogP contribution in [-0.4, -0.2) is 11.0 Å². The Kier molecular flexibility index (Phi) is 3.36. The standard InChI is InChI=1S/C15H19FN2O2/c1-9(12-8-10-5-6-11(12)7-10)17-14-4-2-3-13(16)15(14)18(19)20/h2-4,9-12,17H,5-8H2,1H3. The van der Waals surface area contributed by atoms with Gasteiger partial charge in [-0.3, -0.25) is 10.1 Å². The van der Waals surface area contributed by atoms with Gasteiger partial charge in [-0.25, -0.2) is 0 Å². The van der Waals surface area contributed by atoms with E-state index in [-0.39, 0.29) is 6.04 Å². The highest BCUT2D eigenvalue weighted by molar-refractivity contribution is 5.62. The zero-order valence-electron chi connectivity index (χ0n) is 11.5. The van der Waals surface area contributed by atoms with Crippen molar-refractivity contribution in [2.75, 3.05) is 5.32 Å². The van der Waals surface area contributed by atoms with Crippen LogP contribution in [0.2, 0.25) is 0 Å². The van der Waals surface area contributed by atoms with E-state index in [0.29, 0.717) is 11.6 Å². The summed E-state index contributed by atoms with van der Waals surface area (Å²) in [6.07, 6.45) is 5.09. The summed E-state index contributed by atoms with van der Waals surface area (Å²) < 4.78 is 13.6. The first-order chi connectivity index (χ1) is 9.56. The molecule has 0 amide bonds. The van der Waals surface area contributed by atoms with Gasteiger partial charge in [0, 0.05) is 6.04 Å². The Hall–Kier alpha value is -1.65. The fraction of sp³-hybridized carbons (Fsp3) is 0.600. The van der Waals surface area contributed by atoms with Gasteiger partial charge in [-0.15, -0.1) is 0 Å². The summed E-state index contributed by atoms with van der Waals surface area (Å²) in [6.45, 7) is 2.06. The van der Waals surface area contributed by atoms with E-state index in [9.17, 15) is 14.5 Å². The molecule has 4 atom stereocenters. The molecule has 4 unspecified atom stereocenters. The summed E-state index contributed by atoms with van der Waals surface area (Å²) in [7, 11) is 0. The number of hydrogen-bond donors (Lipinski definition) is 1. The Morgan fingerprint density at radius 1 is 1.40 bits per heavy atom. The fourth-order valence-corrected chi connectivity index (χ4v) is 4.08. The smallest absolute Gasteiger partial charge is 0.327 e. The van der Waals surface area contributed by atoms with Gasteiger partial charge < -0.3 is 5.32 Å². The van der Waals surface area contributed by atoms with Crippen molar-refractivity contribution < 1.29 is 9.31 Å². The molecule has 2 aliphatic rings.